The van der Waals surface area contributed by atoms with Gasteiger partial charge < -0.3 is 5.32 Å². The molecule has 6 heteroatoms. The van der Waals surface area contributed by atoms with Crippen LogP contribution in [0.15, 0.2) is 48.5 Å². The molecule has 0 fully saturated rings. The number of benzene rings is 2. The third-order valence-electron chi connectivity index (χ3n) is 4.57. The fraction of sp³-hybridized carbons (Fsp3) is 0.278. The van der Waals surface area contributed by atoms with Gasteiger partial charge in [0, 0.05) is 0 Å². The number of anilines is 1. The topological polar surface area (TPSA) is 55.6 Å². The molecule has 2 atom stereocenters. The van der Waals surface area contributed by atoms with Crippen LogP contribution in [-0.2, 0) is 6.42 Å². The van der Waals surface area contributed by atoms with Crippen molar-refractivity contribution in [2.75, 3.05) is 5.32 Å². The molecule has 0 amide bonds. The normalized spacial score (nSPS) is 19.6. The molecule has 0 spiro atoms. The number of aromatic nitrogens is 4. The summed E-state index contributed by atoms with van der Waals surface area (Å²) in [6.45, 7) is 2.14. The lowest BCUT2D eigenvalue weighted by atomic mass is 9.93. The van der Waals surface area contributed by atoms with E-state index >= 15 is 0 Å². The van der Waals surface area contributed by atoms with Gasteiger partial charge in [-0.15, -0.1) is 0 Å². The van der Waals surface area contributed by atoms with Crippen molar-refractivity contribution >= 4 is 5.95 Å². The van der Waals surface area contributed by atoms with Crippen LogP contribution in [0.5, 0.6) is 0 Å². The highest BCUT2D eigenvalue weighted by atomic mass is 19.1. The number of aryl methyl sites for hydroxylation is 1. The molecule has 4 rings (SSSR count). The lowest BCUT2D eigenvalue weighted by molar-refractivity contribution is 0.422. The highest BCUT2D eigenvalue weighted by Gasteiger charge is 2.30. The van der Waals surface area contributed by atoms with Gasteiger partial charge in [0.05, 0.1) is 12.1 Å². The molecule has 2 heterocycles. The second-order valence-corrected chi connectivity index (χ2v) is 6.05. The zero-order valence-corrected chi connectivity index (χ0v) is 13.4. The first-order chi connectivity index (χ1) is 11.7. The van der Waals surface area contributed by atoms with Crippen molar-refractivity contribution in [3.05, 3.63) is 71.0 Å². The summed E-state index contributed by atoms with van der Waals surface area (Å²) in [5, 5.41) is 15.3. The smallest absolute Gasteiger partial charge is 0.243 e. The Labute approximate surface area is 139 Å². The summed E-state index contributed by atoms with van der Waals surface area (Å²) >= 11 is 0. The van der Waals surface area contributed by atoms with E-state index in [-0.39, 0.29) is 17.9 Å². The Morgan fingerprint density at radius 2 is 2.00 bits per heavy atom. The van der Waals surface area contributed by atoms with Crippen LogP contribution in [0.25, 0.3) is 0 Å². The van der Waals surface area contributed by atoms with Gasteiger partial charge in [-0.2, -0.15) is 0 Å². The quantitative estimate of drug-likeness (QED) is 0.801. The molecule has 2 aromatic carbocycles. The summed E-state index contributed by atoms with van der Waals surface area (Å²) in [7, 11) is 0. The molecule has 0 radical (unpaired) electrons. The number of nitrogens with one attached hydrogen (secondary N) is 1. The minimum atomic E-state index is -0.246. The largest absolute Gasteiger partial charge is 0.346 e. The van der Waals surface area contributed by atoms with E-state index in [2.05, 4.69) is 52.0 Å². The van der Waals surface area contributed by atoms with E-state index in [1.54, 1.807) is 16.8 Å². The van der Waals surface area contributed by atoms with Gasteiger partial charge >= 0.3 is 0 Å². The summed E-state index contributed by atoms with van der Waals surface area (Å²) in [4.78, 5) is 0. The molecule has 0 saturated carbocycles. The highest BCUT2D eigenvalue weighted by molar-refractivity contribution is 5.38. The van der Waals surface area contributed by atoms with Crippen molar-refractivity contribution in [1.82, 2.24) is 20.2 Å². The molecule has 0 bridgehead atoms. The van der Waals surface area contributed by atoms with Crippen molar-refractivity contribution in [3.8, 4) is 0 Å². The minimum Gasteiger partial charge on any atom is -0.346 e. The third kappa shape index (κ3) is 2.64. The predicted octanol–water partition coefficient (Wildman–Crippen LogP) is 3.52. The maximum atomic E-state index is 13.7. The molecule has 0 saturated heterocycles. The first-order valence-corrected chi connectivity index (χ1v) is 8.13. The molecule has 1 aromatic heterocycles. The van der Waals surface area contributed by atoms with Crippen molar-refractivity contribution in [3.63, 3.8) is 0 Å². The number of rotatable bonds is 3. The monoisotopic (exact) mass is 323 g/mol. The lowest BCUT2D eigenvalue weighted by Crippen LogP contribution is -2.28. The van der Waals surface area contributed by atoms with Crippen LogP contribution in [0, 0.1) is 5.82 Å². The zero-order valence-electron chi connectivity index (χ0n) is 13.4. The zero-order chi connectivity index (χ0) is 16.5. The molecular weight excluding hydrogens is 305 g/mol. The van der Waals surface area contributed by atoms with E-state index in [1.807, 2.05) is 6.07 Å². The number of halogens is 1. The minimum absolute atomic E-state index is 0.0858. The second-order valence-electron chi connectivity index (χ2n) is 6.05. The Hall–Kier alpha value is -2.76. The van der Waals surface area contributed by atoms with Gasteiger partial charge in [0.25, 0.3) is 0 Å². The van der Waals surface area contributed by atoms with Gasteiger partial charge in [0.15, 0.2) is 0 Å². The van der Waals surface area contributed by atoms with E-state index in [1.165, 1.54) is 17.2 Å². The van der Waals surface area contributed by atoms with Crippen LogP contribution in [0.3, 0.4) is 0 Å². The number of hydrogen-bond acceptors (Lipinski definition) is 4. The highest BCUT2D eigenvalue weighted by Crippen LogP contribution is 2.37. The maximum absolute atomic E-state index is 13.7. The molecular formula is C18H18FN5. The van der Waals surface area contributed by atoms with Crippen LogP contribution < -0.4 is 5.32 Å². The lowest BCUT2D eigenvalue weighted by Gasteiger charge is -2.31. The Morgan fingerprint density at radius 1 is 1.17 bits per heavy atom. The summed E-state index contributed by atoms with van der Waals surface area (Å²) in [6, 6.07) is 15.2. The van der Waals surface area contributed by atoms with Crippen LogP contribution in [0.1, 0.15) is 42.1 Å². The van der Waals surface area contributed by atoms with E-state index in [4.69, 9.17) is 0 Å². The Balaban J connectivity index is 1.70. The maximum Gasteiger partial charge on any atom is 0.243 e. The van der Waals surface area contributed by atoms with Gasteiger partial charge in [-0.3, -0.25) is 0 Å². The van der Waals surface area contributed by atoms with Gasteiger partial charge in [-0.25, -0.2) is 9.07 Å². The summed E-state index contributed by atoms with van der Waals surface area (Å²) < 4.78 is 15.4. The first-order valence-electron chi connectivity index (χ1n) is 8.13. The van der Waals surface area contributed by atoms with Gasteiger partial charge in [-0.05, 0) is 52.1 Å². The third-order valence-corrected chi connectivity index (χ3v) is 4.57. The number of hydrogen-bond donors (Lipinski definition) is 1. The Kier molecular flexibility index (Phi) is 3.72. The van der Waals surface area contributed by atoms with E-state index in [0.29, 0.717) is 5.95 Å². The number of tetrazole rings is 1. The Morgan fingerprint density at radius 3 is 2.75 bits per heavy atom. The van der Waals surface area contributed by atoms with Crippen LogP contribution in [0.2, 0.25) is 0 Å². The summed E-state index contributed by atoms with van der Waals surface area (Å²) in [5.41, 5.74) is 3.36. The molecule has 0 aliphatic carbocycles. The fourth-order valence-corrected chi connectivity index (χ4v) is 3.23. The van der Waals surface area contributed by atoms with Crippen molar-refractivity contribution < 1.29 is 4.39 Å². The summed E-state index contributed by atoms with van der Waals surface area (Å²) in [6.07, 6.45) is 1.77. The molecule has 5 nitrogen and oxygen atoms in total. The standard InChI is InChI=1S/C18H18FN5/c1-2-12-6-8-13(9-7-12)16-11-17(14-4-3-5-15(19)10-14)24-18(20-16)21-22-23-24/h3-10,16-17H,2,11H2,1H3,(H,20,21,23). The van der Waals surface area contributed by atoms with Gasteiger partial charge in [0.2, 0.25) is 5.95 Å². The first kappa shape index (κ1) is 14.8. The molecule has 2 unspecified atom stereocenters. The molecule has 122 valence electrons. The van der Waals surface area contributed by atoms with Gasteiger partial charge in [0.1, 0.15) is 5.82 Å². The Bertz CT molecular complexity index is 843. The van der Waals surface area contributed by atoms with E-state index in [9.17, 15) is 4.39 Å². The second kappa shape index (κ2) is 6.03. The van der Waals surface area contributed by atoms with E-state index < -0.39 is 0 Å². The summed E-state index contributed by atoms with van der Waals surface area (Å²) in [5.74, 6) is 0.365. The average molecular weight is 323 g/mol. The fourth-order valence-electron chi connectivity index (χ4n) is 3.23. The SMILES string of the molecule is CCc1ccc(C2CC(c3cccc(F)c3)n3nnnc3N2)cc1. The molecule has 3 aromatic rings. The molecule has 24 heavy (non-hydrogen) atoms. The van der Waals surface area contributed by atoms with Crippen molar-refractivity contribution in [1.29, 1.82) is 0 Å². The predicted molar refractivity (Wildman–Crippen MR) is 89.2 cm³/mol. The van der Waals surface area contributed by atoms with Crippen LogP contribution in [0.4, 0.5) is 10.3 Å². The number of fused-ring (bicyclic) bond motifs is 1. The molecule has 1 aliphatic heterocycles. The van der Waals surface area contributed by atoms with Crippen molar-refractivity contribution in [2.24, 2.45) is 0 Å². The molecule has 1 aliphatic rings. The average Bonchev–Trinajstić information content (AvgIpc) is 3.09. The van der Waals surface area contributed by atoms with Crippen LogP contribution in [-0.4, -0.2) is 20.2 Å². The van der Waals surface area contributed by atoms with Crippen LogP contribution >= 0.6 is 0 Å². The molecule has 1 N–H and O–H groups in total. The van der Waals surface area contributed by atoms with E-state index in [0.717, 1.165) is 18.4 Å². The van der Waals surface area contributed by atoms with Gasteiger partial charge in [-0.1, -0.05) is 48.4 Å². The number of nitrogens with zero attached hydrogens (tertiary/aromatic N) is 4. The van der Waals surface area contributed by atoms with Crippen molar-refractivity contribution in [2.45, 2.75) is 31.8 Å².